The van der Waals surface area contributed by atoms with Gasteiger partial charge in [-0.25, -0.2) is 4.79 Å². The maximum Gasteiger partial charge on any atom is 0.329 e. The van der Waals surface area contributed by atoms with Gasteiger partial charge in [0, 0.05) is 12.1 Å². The summed E-state index contributed by atoms with van der Waals surface area (Å²) in [5, 5.41) is 5.27. The normalized spacial score (nSPS) is 11.4. The second-order valence-electron chi connectivity index (χ2n) is 6.71. The average Bonchev–Trinajstić information content (AvgIpc) is 3.29. The molecule has 154 valence electrons. The first-order valence-electron chi connectivity index (χ1n) is 9.43. The van der Waals surface area contributed by atoms with Crippen LogP contribution in [0.3, 0.4) is 0 Å². The number of nitrogens with one attached hydrogen (secondary N) is 2. The van der Waals surface area contributed by atoms with E-state index in [1.807, 2.05) is 49.4 Å². The summed E-state index contributed by atoms with van der Waals surface area (Å²) in [5.41, 5.74) is 2.51. The Morgan fingerprint density at radius 3 is 2.37 bits per heavy atom. The fraction of sp³-hybridized carbons (Fsp3) is 0.174. The highest BCUT2D eigenvalue weighted by molar-refractivity contribution is 5.96. The van der Waals surface area contributed by atoms with Crippen molar-refractivity contribution in [3.8, 4) is 0 Å². The number of carbonyl (C=O) groups excluding carboxylic acids is 3. The molecule has 0 aliphatic carbocycles. The molecule has 2 amide bonds. The highest BCUT2D eigenvalue weighted by Gasteiger charge is 2.25. The number of benzene rings is 2. The van der Waals surface area contributed by atoms with Gasteiger partial charge in [0.1, 0.15) is 6.04 Å². The zero-order valence-electron chi connectivity index (χ0n) is 16.5. The predicted octanol–water partition coefficient (Wildman–Crippen LogP) is 3.11. The maximum absolute atomic E-state index is 12.6. The van der Waals surface area contributed by atoms with E-state index in [0.717, 1.165) is 11.1 Å². The van der Waals surface area contributed by atoms with Crippen LogP contribution in [0.2, 0.25) is 0 Å². The number of aryl methyl sites for hydroxylation is 1. The van der Waals surface area contributed by atoms with Crippen LogP contribution in [0.15, 0.2) is 77.4 Å². The quantitative estimate of drug-likeness (QED) is 0.560. The molecule has 0 saturated carbocycles. The molecule has 7 nitrogen and oxygen atoms in total. The Balaban J connectivity index is 1.61. The number of hydrogen-bond acceptors (Lipinski definition) is 5. The third-order valence-corrected chi connectivity index (χ3v) is 4.30. The van der Waals surface area contributed by atoms with Gasteiger partial charge in [0.2, 0.25) is 0 Å². The molecule has 3 rings (SSSR count). The zero-order chi connectivity index (χ0) is 21.3. The molecule has 0 aliphatic heterocycles. The third kappa shape index (κ3) is 6.07. The summed E-state index contributed by atoms with van der Waals surface area (Å²) in [6, 6.07) is 18.5. The van der Waals surface area contributed by atoms with Crippen LogP contribution < -0.4 is 10.6 Å². The van der Waals surface area contributed by atoms with Gasteiger partial charge in [0.25, 0.3) is 11.8 Å². The minimum absolute atomic E-state index is 0.0815. The summed E-state index contributed by atoms with van der Waals surface area (Å²) >= 11 is 0. The van der Waals surface area contributed by atoms with E-state index in [0.29, 0.717) is 5.69 Å². The molecule has 1 atom stereocenters. The standard InChI is InChI=1S/C23H22N2O5/c1-16-9-11-18(12-10-16)24-21(26)15-30-23(28)19(14-17-6-3-2-4-7-17)25-22(27)20-8-5-13-29-20/h2-13,19H,14-15H2,1H3,(H,24,26)(H,25,27)/t19-/m0/s1. The number of anilines is 1. The Kier molecular flexibility index (Phi) is 7.00. The number of rotatable bonds is 8. The maximum atomic E-state index is 12.6. The Labute approximate surface area is 174 Å². The summed E-state index contributed by atoms with van der Waals surface area (Å²) in [6.07, 6.45) is 1.58. The Morgan fingerprint density at radius 1 is 0.967 bits per heavy atom. The molecular formula is C23H22N2O5. The second kappa shape index (κ2) is 10.1. The van der Waals surface area contributed by atoms with Gasteiger partial charge in [-0.05, 0) is 36.8 Å². The molecule has 30 heavy (non-hydrogen) atoms. The first-order valence-corrected chi connectivity index (χ1v) is 9.43. The number of hydrogen-bond donors (Lipinski definition) is 2. The van der Waals surface area contributed by atoms with E-state index in [9.17, 15) is 14.4 Å². The van der Waals surface area contributed by atoms with Gasteiger partial charge in [-0.3, -0.25) is 9.59 Å². The number of ether oxygens (including phenoxy) is 1. The summed E-state index contributed by atoms with van der Waals surface area (Å²) in [4.78, 5) is 37.0. The first-order chi connectivity index (χ1) is 14.5. The smallest absolute Gasteiger partial charge is 0.329 e. The summed E-state index contributed by atoms with van der Waals surface area (Å²) in [7, 11) is 0. The molecule has 0 spiro atoms. The van der Waals surface area contributed by atoms with Crippen molar-refractivity contribution in [2.45, 2.75) is 19.4 Å². The lowest BCUT2D eigenvalue weighted by Gasteiger charge is -2.17. The van der Waals surface area contributed by atoms with Gasteiger partial charge >= 0.3 is 5.97 Å². The van der Waals surface area contributed by atoms with E-state index in [2.05, 4.69) is 10.6 Å². The fourth-order valence-electron chi connectivity index (χ4n) is 2.75. The van der Waals surface area contributed by atoms with Crippen molar-refractivity contribution in [1.82, 2.24) is 5.32 Å². The minimum Gasteiger partial charge on any atom is -0.459 e. The Bertz CT molecular complexity index is 982. The van der Waals surface area contributed by atoms with Gasteiger partial charge < -0.3 is 19.8 Å². The van der Waals surface area contributed by atoms with Gasteiger partial charge in [-0.15, -0.1) is 0 Å². The average molecular weight is 406 g/mol. The van der Waals surface area contributed by atoms with E-state index in [4.69, 9.17) is 9.15 Å². The van der Waals surface area contributed by atoms with Crippen molar-refractivity contribution >= 4 is 23.5 Å². The van der Waals surface area contributed by atoms with Crippen LogP contribution in [0.4, 0.5) is 5.69 Å². The lowest BCUT2D eigenvalue weighted by Crippen LogP contribution is -2.44. The molecule has 0 radical (unpaired) electrons. The number of furan rings is 1. The molecule has 0 fully saturated rings. The molecule has 0 unspecified atom stereocenters. The van der Waals surface area contributed by atoms with E-state index in [1.54, 1.807) is 18.2 Å². The summed E-state index contributed by atoms with van der Waals surface area (Å²) in [5.74, 6) is -1.64. The first kappa shape index (κ1) is 20.9. The van der Waals surface area contributed by atoms with Crippen molar-refractivity contribution in [3.63, 3.8) is 0 Å². The molecule has 0 bridgehead atoms. The molecule has 0 aliphatic rings. The van der Waals surface area contributed by atoms with E-state index in [-0.39, 0.29) is 12.2 Å². The molecule has 1 aromatic heterocycles. The van der Waals surface area contributed by atoms with Crippen molar-refractivity contribution < 1.29 is 23.5 Å². The van der Waals surface area contributed by atoms with Gasteiger partial charge in [0.15, 0.2) is 12.4 Å². The summed E-state index contributed by atoms with van der Waals surface area (Å²) < 4.78 is 10.2. The molecule has 7 heteroatoms. The van der Waals surface area contributed by atoms with Crippen molar-refractivity contribution in [2.75, 3.05) is 11.9 Å². The van der Waals surface area contributed by atoms with Gasteiger partial charge in [0.05, 0.1) is 6.26 Å². The molecule has 0 saturated heterocycles. The molecule has 2 N–H and O–H groups in total. The van der Waals surface area contributed by atoms with Crippen molar-refractivity contribution in [1.29, 1.82) is 0 Å². The van der Waals surface area contributed by atoms with Crippen LogP contribution in [-0.2, 0) is 20.7 Å². The van der Waals surface area contributed by atoms with E-state index < -0.39 is 30.4 Å². The highest BCUT2D eigenvalue weighted by atomic mass is 16.5. The van der Waals surface area contributed by atoms with Gasteiger partial charge in [-0.1, -0.05) is 48.0 Å². The van der Waals surface area contributed by atoms with Crippen LogP contribution in [0.5, 0.6) is 0 Å². The molecule has 1 heterocycles. The third-order valence-electron chi connectivity index (χ3n) is 4.30. The van der Waals surface area contributed by atoms with Crippen LogP contribution in [-0.4, -0.2) is 30.4 Å². The molecule has 3 aromatic rings. The number of esters is 1. The van der Waals surface area contributed by atoms with Crippen molar-refractivity contribution in [3.05, 3.63) is 89.9 Å². The highest BCUT2D eigenvalue weighted by Crippen LogP contribution is 2.09. The summed E-state index contributed by atoms with van der Waals surface area (Å²) in [6.45, 7) is 1.48. The largest absolute Gasteiger partial charge is 0.459 e. The minimum atomic E-state index is -0.975. The topological polar surface area (TPSA) is 97.6 Å². The number of amides is 2. The molecule has 2 aromatic carbocycles. The molecular weight excluding hydrogens is 384 g/mol. The Morgan fingerprint density at radius 2 is 1.70 bits per heavy atom. The Hall–Kier alpha value is -3.87. The SMILES string of the molecule is Cc1ccc(NC(=O)COC(=O)[C@H](Cc2ccccc2)NC(=O)c2ccco2)cc1. The zero-order valence-corrected chi connectivity index (χ0v) is 16.5. The van der Waals surface area contributed by atoms with Crippen LogP contribution >= 0.6 is 0 Å². The van der Waals surface area contributed by atoms with Gasteiger partial charge in [-0.2, -0.15) is 0 Å². The predicted molar refractivity (Wildman–Crippen MR) is 111 cm³/mol. The lowest BCUT2D eigenvalue weighted by molar-refractivity contribution is -0.149. The van der Waals surface area contributed by atoms with Crippen molar-refractivity contribution in [2.24, 2.45) is 0 Å². The van der Waals surface area contributed by atoms with E-state index >= 15 is 0 Å². The van der Waals surface area contributed by atoms with E-state index in [1.165, 1.54) is 12.3 Å². The number of carbonyl (C=O) groups is 3. The van der Waals surface area contributed by atoms with Crippen LogP contribution in [0.25, 0.3) is 0 Å². The van der Waals surface area contributed by atoms with Crippen LogP contribution in [0.1, 0.15) is 21.7 Å². The fourth-order valence-corrected chi connectivity index (χ4v) is 2.75. The second-order valence-corrected chi connectivity index (χ2v) is 6.71. The van der Waals surface area contributed by atoms with Crippen LogP contribution in [0, 0.1) is 6.92 Å². The monoisotopic (exact) mass is 406 g/mol. The lowest BCUT2D eigenvalue weighted by atomic mass is 10.1.